The van der Waals surface area contributed by atoms with Gasteiger partial charge in [0.2, 0.25) is 0 Å². The van der Waals surface area contributed by atoms with Crippen molar-refractivity contribution < 1.29 is 18.7 Å². The van der Waals surface area contributed by atoms with Crippen molar-refractivity contribution in [2.45, 2.75) is 11.8 Å². The molecule has 0 bridgehead atoms. The maximum Gasteiger partial charge on any atom is 0.338 e. The smallest absolute Gasteiger partial charge is 0.338 e. The molecule has 1 rings (SSSR count). The Hall–Kier alpha value is -0.310. The van der Waals surface area contributed by atoms with Crippen molar-refractivity contribution in [3.8, 4) is 0 Å². The van der Waals surface area contributed by atoms with E-state index in [0.717, 1.165) is 6.07 Å². The zero-order valence-electron chi connectivity index (χ0n) is 7.18. The molecule has 0 saturated heterocycles. The zero-order chi connectivity index (χ0) is 11.6. The molecular formula is C8H5BrF2INO2. The van der Waals surface area contributed by atoms with Crippen LogP contribution in [0.15, 0.2) is 6.07 Å². The molecule has 0 spiro atoms. The summed E-state index contributed by atoms with van der Waals surface area (Å²) >= 11 is 4.73. The summed E-state index contributed by atoms with van der Waals surface area (Å²) in [4.78, 5) is 14.5. The fraction of sp³-hybridized carbons (Fsp3) is 0.250. The number of nitrogens with zero attached hydrogens (tertiary/aromatic N) is 1. The summed E-state index contributed by atoms with van der Waals surface area (Å²) in [7, 11) is 0. The molecule has 1 aromatic rings. The van der Waals surface area contributed by atoms with Gasteiger partial charge in [0.1, 0.15) is 3.70 Å². The molecule has 1 heterocycles. The predicted molar refractivity (Wildman–Crippen MR) is 61.5 cm³/mol. The van der Waals surface area contributed by atoms with Crippen LogP contribution in [0.4, 0.5) is 8.78 Å². The van der Waals surface area contributed by atoms with Crippen LogP contribution in [0.25, 0.3) is 0 Å². The minimum atomic E-state index is -2.72. The molecule has 0 fully saturated rings. The van der Waals surface area contributed by atoms with E-state index in [2.05, 4.69) is 20.9 Å². The number of alkyl halides is 3. The highest BCUT2D eigenvalue weighted by atomic mass is 127. The second-order valence-corrected chi connectivity index (χ2v) is 4.18. The van der Waals surface area contributed by atoms with Gasteiger partial charge in [-0.1, -0.05) is 15.9 Å². The average molecular weight is 392 g/mol. The van der Waals surface area contributed by atoms with Crippen molar-refractivity contribution in [1.82, 2.24) is 4.98 Å². The summed E-state index contributed by atoms with van der Waals surface area (Å²) in [5.41, 5.74) is -0.375. The van der Waals surface area contributed by atoms with Gasteiger partial charge in [-0.05, 0) is 28.7 Å². The van der Waals surface area contributed by atoms with Crippen molar-refractivity contribution in [3.63, 3.8) is 0 Å². The minimum Gasteiger partial charge on any atom is -0.478 e. The zero-order valence-corrected chi connectivity index (χ0v) is 10.9. The molecule has 0 aliphatic heterocycles. The summed E-state index contributed by atoms with van der Waals surface area (Å²) < 4.78 is 25.3. The molecule has 0 unspecified atom stereocenters. The van der Waals surface area contributed by atoms with Crippen LogP contribution in [0, 0.1) is 3.70 Å². The third kappa shape index (κ3) is 2.83. The fourth-order valence-electron chi connectivity index (χ4n) is 0.988. The van der Waals surface area contributed by atoms with E-state index >= 15 is 0 Å². The van der Waals surface area contributed by atoms with Crippen LogP contribution in [0.1, 0.15) is 28.0 Å². The maximum atomic E-state index is 12.5. The quantitative estimate of drug-likeness (QED) is 0.489. The molecular weight excluding hydrogens is 387 g/mol. The van der Waals surface area contributed by atoms with E-state index in [4.69, 9.17) is 5.11 Å². The van der Waals surface area contributed by atoms with E-state index < -0.39 is 12.4 Å². The Labute approximate surface area is 106 Å². The van der Waals surface area contributed by atoms with Crippen molar-refractivity contribution in [2.24, 2.45) is 0 Å². The molecule has 15 heavy (non-hydrogen) atoms. The molecule has 0 amide bonds. The number of aromatic carboxylic acids is 1. The summed E-state index contributed by atoms with van der Waals surface area (Å²) in [5.74, 6) is -1.25. The Morgan fingerprint density at radius 1 is 1.67 bits per heavy atom. The first kappa shape index (κ1) is 12.8. The summed E-state index contributed by atoms with van der Waals surface area (Å²) in [5, 5.41) is 8.90. The van der Waals surface area contributed by atoms with Crippen LogP contribution < -0.4 is 0 Å². The van der Waals surface area contributed by atoms with Crippen LogP contribution in [0.5, 0.6) is 0 Å². The van der Waals surface area contributed by atoms with Gasteiger partial charge in [0.25, 0.3) is 6.43 Å². The van der Waals surface area contributed by atoms with E-state index in [1.54, 1.807) is 22.6 Å². The van der Waals surface area contributed by atoms with E-state index in [-0.39, 0.29) is 25.9 Å². The molecule has 0 atom stereocenters. The first-order valence-corrected chi connectivity index (χ1v) is 5.94. The normalized spacial score (nSPS) is 10.7. The summed E-state index contributed by atoms with van der Waals surface area (Å²) in [6.07, 6.45) is -2.72. The Morgan fingerprint density at radius 3 is 2.67 bits per heavy atom. The molecule has 0 radical (unpaired) electrons. The number of hydrogen-bond acceptors (Lipinski definition) is 2. The molecule has 0 aromatic carbocycles. The first-order valence-electron chi connectivity index (χ1n) is 3.74. The van der Waals surface area contributed by atoms with E-state index in [9.17, 15) is 13.6 Å². The Kier molecular flexibility index (Phi) is 4.38. The summed E-state index contributed by atoms with van der Waals surface area (Å²) in [6, 6.07) is 0.971. The number of carboxylic acids is 1. The predicted octanol–water partition coefficient (Wildman–Crippen LogP) is 3.22. The van der Waals surface area contributed by atoms with Gasteiger partial charge < -0.3 is 5.11 Å². The molecule has 0 saturated carbocycles. The van der Waals surface area contributed by atoms with Gasteiger partial charge in [-0.15, -0.1) is 0 Å². The van der Waals surface area contributed by atoms with Gasteiger partial charge in [0.05, 0.1) is 11.3 Å². The molecule has 0 aliphatic rings. The number of aromatic nitrogens is 1. The molecule has 0 aliphatic carbocycles. The number of pyridine rings is 1. The van der Waals surface area contributed by atoms with E-state index in [0.29, 0.717) is 0 Å². The van der Waals surface area contributed by atoms with Gasteiger partial charge in [-0.3, -0.25) is 0 Å². The largest absolute Gasteiger partial charge is 0.478 e. The second kappa shape index (κ2) is 5.15. The molecule has 1 N–H and O–H groups in total. The number of rotatable bonds is 3. The van der Waals surface area contributed by atoms with Crippen LogP contribution in [0.3, 0.4) is 0 Å². The topological polar surface area (TPSA) is 50.2 Å². The van der Waals surface area contributed by atoms with Crippen molar-refractivity contribution in [1.29, 1.82) is 0 Å². The molecule has 1 aromatic heterocycles. The maximum absolute atomic E-state index is 12.5. The lowest BCUT2D eigenvalue weighted by atomic mass is 10.1. The van der Waals surface area contributed by atoms with Crippen molar-refractivity contribution in [3.05, 3.63) is 26.6 Å². The van der Waals surface area contributed by atoms with Crippen LogP contribution in [-0.4, -0.2) is 16.1 Å². The lowest BCUT2D eigenvalue weighted by molar-refractivity contribution is 0.0694. The first-order chi connectivity index (χ1) is 6.97. The third-order valence-electron chi connectivity index (χ3n) is 1.68. The monoisotopic (exact) mass is 391 g/mol. The van der Waals surface area contributed by atoms with Gasteiger partial charge in [-0.2, -0.15) is 0 Å². The lowest BCUT2D eigenvalue weighted by Gasteiger charge is -2.08. The van der Waals surface area contributed by atoms with Crippen molar-refractivity contribution in [2.75, 3.05) is 0 Å². The Morgan fingerprint density at radius 2 is 2.27 bits per heavy atom. The van der Waals surface area contributed by atoms with Crippen LogP contribution >= 0.6 is 38.5 Å². The van der Waals surface area contributed by atoms with Crippen LogP contribution in [-0.2, 0) is 5.33 Å². The van der Waals surface area contributed by atoms with Gasteiger partial charge >= 0.3 is 5.97 Å². The van der Waals surface area contributed by atoms with E-state index in [1.165, 1.54) is 0 Å². The minimum absolute atomic E-state index is 0.166. The molecule has 82 valence electrons. The highest BCUT2D eigenvalue weighted by Crippen LogP contribution is 2.26. The highest BCUT2D eigenvalue weighted by Gasteiger charge is 2.19. The highest BCUT2D eigenvalue weighted by molar-refractivity contribution is 14.1. The van der Waals surface area contributed by atoms with Gasteiger partial charge in [0, 0.05) is 10.9 Å². The third-order valence-corrected chi connectivity index (χ3v) is 3.03. The van der Waals surface area contributed by atoms with Gasteiger partial charge in [-0.25, -0.2) is 18.6 Å². The Bertz CT molecular complexity index is 400. The van der Waals surface area contributed by atoms with E-state index in [1.807, 2.05) is 0 Å². The lowest BCUT2D eigenvalue weighted by Crippen LogP contribution is -2.07. The van der Waals surface area contributed by atoms with Crippen molar-refractivity contribution >= 4 is 44.5 Å². The fourth-order valence-corrected chi connectivity index (χ4v) is 2.11. The number of hydrogen-bond donors (Lipinski definition) is 1. The number of halogens is 4. The average Bonchev–Trinajstić information content (AvgIpc) is 2.16. The number of carboxylic acid groups (broad SMARTS) is 1. The number of carbonyl (C=O) groups is 1. The summed E-state index contributed by atoms with van der Waals surface area (Å²) in [6.45, 7) is 0. The van der Waals surface area contributed by atoms with Gasteiger partial charge in [0.15, 0.2) is 0 Å². The molecule has 3 nitrogen and oxygen atoms in total. The SMILES string of the molecule is O=C(O)c1cc(C(F)F)c(CBr)nc1I. The Balaban J connectivity index is 3.37. The van der Waals surface area contributed by atoms with Crippen LogP contribution in [0.2, 0.25) is 0 Å². The molecule has 7 heteroatoms. The second-order valence-electron chi connectivity index (χ2n) is 2.60. The standard InChI is InChI=1S/C8H5BrF2INO2/c9-2-5-3(6(10)11)1-4(8(14)15)7(12)13-5/h1,6H,2H2,(H,14,15).